The lowest BCUT2D eigenvalue weighted by atomic mass is 10.1. The third kappa shape index (κ3) is 5.54. The van der Waals surface area contributed by atoms with Crippen LogP contribution < -0.4 is 16.4 Å². The summed E-state index contributed by atoms with van der Waals surface area (Å²) in [6.07, 6.45) is 5.08. The number of amides is 3. The number of carbonyl (C=O) groups is 3. The summed E-state index contributed by atoms with van der Waals surface area (Å²) in [6, 6.07) is 6.01. The van der Waals surface area contributed by atoms with E-state index in [2.05, 4.69) is 15.6 Å². The average molecular weight is 480 g/mol. The Bertz CT molecular complexity index is 1200. The van der Waals surface area contributed by atoms with Gasteiger partial charge in [-0.3, -0.25) is 19.7 Å². The van der Waals surface area contributed by atoms with Crippen LogP contribution in [0.25, 0.3) is 11.0 Å². The zero-order chi connectivity index (χ0) is 24.9. The molecule has 1 aromatic heterocycles. The second-order valence-electron chi connectivity index (χ2n) is 8.87. The van der Waals surface area contributed by atoms with E-state index in [1.807, 2.05) is 31.3 Å². The van der Waals surface area contributed by atoms with Crippen LogP contribution in [0.1, 0.15) is 37.9 Å². The Balaban J connectivity index is 1.49. The number of rotatable bonds is 5. The van der Waals surface area contributed by atoms with Crippen molar-refractivity contribution in [1.82, 2.24) is 15.1 Å². The van der Waals surface area contributed by atoms with E-state index >= 15 is 0 Å². The van der Waals surface area contributed by atoms with E-state index in [-0.39, 0.29) is 24.3 Å². The van der Waals surface area contributed by atoms with Gasteiger partial charge in [-0.25, -0.2) is 4.99 Å². The number of furan rings is 1. The number of primary amides is 1. The van der Waals surface area contributed by atoms with Gasteiger partial charge in [-0.05, 0) is 63.3 Å². The molecule has 35 heavy (non-hydrogen) atoms. The van der Waals surface area contributed by atoms with Gasteiger partial charge in [0, 0.05) is 24.2 Å². The van der Waals surface area contributed by atoms with Crippen LogP contribution in [0.5, 0.6) is 0 Å². The van der Waals surface area contributed by atoms with E-state index in [1.54, 1.807) is 6.07 Å². The van der Waals surface area contributed by atoms with Crippen LogP contribution in [-0.4, -0.2) is 65.2 Å². The number of guanidine groups is 1. The average Bonchev–Trinajstić information content (AvgIpc) is 3.41. The largest absolute Gasteiger partial charge is 0.461 e. The zero-order valence-corrected chi connectivity index (χ0v) is 19.6. The maximum Gasteiger partial charge on any atom is 0.247 e. The first kappa shape index (κ1) is 24.1. The molecule has 0 saturated carbocycles. The van der Waals surface area contributed by atoms with Gasteiger partial charge >= 0.3 is 0 Å². The molecule has 0 spiro atoms. The molecule has 0 aliphatic carbocycles. The first-order valence-electron chi connectivity index (χ1n) is 11.7. The number of fused-ring (bicyclic) bond motifs is 1. The van der Waals surface area contributed by atoms with Crippen LogP contribution in [0.4, 0.5) is 5.69 Å². The first-order valence-corrected chi connectivity index (χ1v) is 11.7. The van der Waals surface area contributed by atoms with Gasteiger partial charge in [0.15, 0.2) is 6.19 Å². The van der Waals surface area contributed by atoms with Crippen molar-refractivity contribution in [2.45, 2.75) is 51.1 Å². The normalized spacial score (nSPS) is 21.0. The number of hydrogen-bond acceptors (Lipinski definition) is 6. The molecule has 2 aliphatic rings. The minimum Gasteiger partial charge on any atom is -0.461 e. The van der Waals surface area contributed by atoms with E-state index in [4.69, 9.17) is 10.2 Å². The molecule has 184 valence electrons. The number of carbonyl (C=O) groups excluding carboxylic acids is 3. The number of nitriles is 1. The molecular weight excluding hydrogens is 450 g/mol. The summed E-state index contributed by atoms with van der Waals surface area (Å²) in [5, 5.41) is 15.7. The molecule has 2 atom stereocenters. The molecule has 4 N–H and O–H groups in total. The van der Waals surface area contributed by atoms with Crippen LogP contribution >= 0.6 is 0 Å². The molecule has 2 aromatic rings. The summed E-state index contributed by atoms with van der Waals surface area (Å²) < 4.78 is 5.59. The molecule has 0 bridgehead atoms. The van der Waals surface area contributed by atoms with Gasteiger partial charge in [0.25, 0.3) is 0 Å². The Morgan fingerprint density at radius 1 is 1.23 bits per heavy atom. The van der Waals surface area contributed by atoms with Crippen molar-refractivity contribution in [3.63, 3.8) is 0 Å². The van der Waals surface area contributed by atoms with Crippen molar-refractivity contribution in [3.05, 3.63) is 30.0 Å². The van der Waals surface area contributed by atoms with E-state index in [0.717, 1.165) is 29.6 Å². The van der Waals surface area contributed by atoms with Gasteiger partial charge in [0.1, 0.15) is 23.4 Å². The molecule has 1 aromatic carbocycles. The van der Waals surface area contributed by atoms with E-state index < -0.39 is 18.0 Å². The van der Waals surface area contributed by atoms with Crippen molar-refractivity contribution >= 4 is 40.3 Å². The summed E-state index contributed by atoms with van der Waals surface area (Å²) in [5.41, 5.74) is 6.86. The Labute approximate surface area is 202 Å². The molecule has 2 unspecified atom stereocenters. The molecule has 4 rings (SSSR count). The fourth-order valence-electron chi connectivity index (χ4n) is 4.67. The molecular formula is C24H29N7O4. The highest BCUT2D eigenvalue weighted by Gasteiger charge is 2.35. The Morgan fingerprint density at radius 3 is 2.83 bits per heavy atom. The third-order valence-electron chi connectivity index (χ3n) is 6.34. The molecule has 11 nitrogen and oxygen atoms in total. The van der Waals surface area contributed by atoms with Gasteiger partial charge < -0.3 is 25.3 Å². The minimum atomic E-state index is -0.751. The van der Waals surface area contributed by atoms with Crippen molar-refractivity contribution in [2.24, 2.45) is 10.7 Å². The third-order valence-corrected chi connectivity index (χ3v) is 6.34. The van der Waals surface area contributed by atoms with Gasteiger partial charge in [-0.2, -0.15) is 5.26 Å². The van der Waals surface area contributed by atoms with Gasteiger partial charge in [-0.15, -0.1) is 0 Å². The van der Waals surface area contributed by atoms with E-state index in [0.29, 0.717) is 38.0 Å². The SMILES string of the molecule is Cc1cc2cc(NC(=NC3CCCCN(CC(=O)N4CCCC4C(N)=O)C3=O)NC#N)ccc2o1. The summed E-state index contributed by atoms with van der Waals surface area (Å²) in [4.78, 5) is 45.3. The highest BCUT2D eigenvalue weighted by molar-refractivity contribution is 5.98. The number of nitrogens with zero attached hydrogens (tertiary/aromatic N) is 4. The predicted molar refractivity (Wildman–Crippen MR) is 129 cm³/mol. The van der Waals surface area contributed by atoms with Crippen molar-refractivity contribution in [1.29, 1.82) is 5.26 Å². The Kier molecular flexibility index (Phi) is 7.19. The van der Waals surface area contributed by atoms with E-state index in [9.17, 15) is 19.6 Å². The van der Waals surface area contributed by atoms with E-state index in [1.165, 1.54) is 9.80 Å². The van der Waals surface area contributed by atoms with Crippen LogP contribution in [0.15, 0.2) is 33.7 Å². The van der Waals surface area contributed by atoms with Gasteiger partial charge in [-0.1, -0.05) is 0 Å². The van der Waals surface area contributed by atoms with Crippen molar-refractivity contribution in [2.75, 3.05) is 25.0 Å². The molecule has 2 saturated heterocycles. The molecule has 2 aliphatic heterocycles. The topological polar surface area (TPSA) is 157 Å². The highest BCUT2D eigenvalue weighted by atomic mass is 16.3. The summed E-state index contributed by atoms with van der Waals surface area (Å²) in [5.74, 6) is -0.169. The monoisotopic (exact) mass is 479 g/mol. The van der Waals surface area contributed by atoms with Gasteiger partial charge in [0.05, 0.1) is 6.54 Å². The maximum atomic E-state index is 13.3. The first-order chi connectivity index (χ1) is 16.9. The zero-order valence-electron chi connectivity index (χ0n) is 19.6. The number of anilines is 1. The molecule has 3 amide bonds. The van der Waals surface area contributed by atoms with Gasteiger partial charge in [0.2, 0.25) is 23.7 Å². The fourth-order valence-corrected chi connectivity index (χ4v) is 4.67. The number of aryl methyl sites for hydroxylation is 1. The fraction of sp³-hybridized carbons (Fsp3) is 0.458. The lowest BCUT2D eigenvalue weighted by Gasteiger charge is -2.27. The standard InChI is InChI=1S/C24H29N7O4/c1-15-11-16-12-17(7-8-20(16)35-15)28-24(27-14-25)29-18-5-2-3-9-30(23(18)34)13-21(32)31-10-4-6-19(31)22(26)33/h7-8,11-12,18-19H,2-6,9-10,13H2,1H3,(H2,26,33)(H2,27,28,29). The number of nitrogens with one attached hydrogen (secondary N) is 2. The molecule has 2 fully saturated rings. The quantitative estimate of drug-likeness (QED) is 0.253. The number of benzene rings is 1. The Morgan fingerprint density at radius 2 is 2.06 bits per heavy atom. The lowest BCUT2D eigenvalue weighted by Crippen LogP contribution is -2.49. The Hall–Kier alpha value is -4.07. The summed E-state index contributed by atoms with van der Waals surface area (Å²) in [6.45, 7) is 2.62. The summed E-state index contributed by atoms with van der Waals surface area (Å²) >= 11 is 0. The predicted octanol–water partition coefficient (Wildman–Crippen LogP) is 1.44. The number of hydrogen-bond donors (Lipinski definition) is 3. The minimum absolute atomic E-state index is 0.125. The second kappa shape index (κ2) is 10.5. The highest BCUT2D eigenvalue weighted by Crippen LogP contribution is 2.23. The smallest absolute Gasteiger partial charge is 0.247 e. The molecule has 11 heteroatoms. The number of aliphatic imine (C=N–C) groups is 1. The maximum absolute atomic E-state index is 13.3. The molecule has 0 radical (unpaired) electrons. The van der Waals surface area contributed by atoms with Crippen LogP contribution in [0.3, 0.4) is 0 Å². The number of nitrogens with two attached hydrogens (primary N) is 1. The second-order valence-corrected chi connectivity index (χ2v) is 8.87. The van der Waals surface area contributed by atoms with Crippen LogP contribution in [-0.2, 0) is 14.4 Å². The summed E-state index contributed by atoms with van der Waals surface area (Å²) in [7, 11) is 0. The lowest BCUT2D eigenvalue weighted by molar-refractivity contribution is -0.143. The van der Waals surface area contributed by atoms with Crippen LogP contribution in [0.2, 0.25) is 0 Å². The van der Waals surface area contributed by atoms with Crippen molar-refractivity contribution in [3.8, 4) is 6.19 Å². The van der Waals surface area contributed by atoms with Crippen LogP contribution in [0, 0.1) is 18.4 Å². The van der Waals surface area contributed by atoms with Crippen molar-refractivity contribution < 1.29 is 18.8 Å². The molecule has 3 heterocycles. The number of likely N-dealkylation sites (tertiary alicyclic amines) is 2.